The molecule has 1 saturated carbocycles. The molecule has 0 aliphatic heterocycles. The van der Waals surface area contributed by atoms with E-state index in [1.165, 1.54) is 7.11 Å². The zero-order valence-corrected chi connectivity index (χ0v) is 18.5. The molecular weight excluding hydrogens is 406 g/mol. The third-order valence-electron chi connectivity index (χ3n) is 6.50. The summed E-state index contributed by atoms with van der Waals surface area (Å²) in [5.74, 6) is -0.174. The Morgan fingerprint density at radius 2 is 1.88 bits per heavy atom. The molecule has 1 aliphatic carbocycles. The SMILES string of the molecule is CCC(CC)n1cc(-c2nc(-c3cnn([C@H]4C[C@H](C(=O)OC)C4)c3)cn3nccc23)cn1. The van der Waals surface area contributed by atoms with E-state index in [9.17, 15) is 4.79 Å². The van der Waals surface area contributed by atoms with Crippen LogP contribution in [-0.2, 0) is 9.53 Å². The van der Waals surface area contributed by atoms with Crippen LogP contribution in [0.1, 0.15) is 51.6 Å². The Morgan fingerprint density at radius 1 is 1.09 bits per heavy atom. The Labute approximate surface area is 186 Å². The fraction of sp³-hybridized carbons (Fsp3) is 0.435. The normalized spacial score (nSPS) is 18.2. The lowest BCUT2D eigenvalue weighted by molar-refractivity contribution is -0.149. The van der Waals surface area contributed by atoms with Gasteiger partial charge in [-0.15, -0.1) is 0 Å². The van der Waals surface area contributed by atoms with Crippen molar-refractivity contribution in [1.82, 2.24) is 34.2 Å². The number of rotatable bonds is 7. The number of hydrogen-bond acceptors (Lipinski definition) is 6. The number of carbonyl (C=O) groups excluding carboxylic acids is 1. The molecule has 0 atom stereocenters. The summed E-state index contributed by atoms with van der Waals surface area (Å²) in [6.07, 6.45) is 15.0. The number of hydrogen-bond donors (Lipinski definition) is 0. The fourth-order valence-electron chi connectivity index (χ4n) is 4.43. The molecule has 0 aromatic carbocycles. The highest BCUT2D eigenvalue weighted by Crippen LogP contribution is 2.38. The van der Waals surface area contributed by atoms with E-state index in [2.05, 4.69) is 35.3 Å². The van der Waals surface area contributed by atoms with Gasteiger partial charge in [-0.3, -0.25) is 14.2 Å². The van der Waals surface area contributed by atoms with Crippen molar-refractivity contribution in [2.24, 2.45) is 5.92 Å². The fourth-order valence-corrected chi connectivity index (χ4v) is 4.43. The topological polar surface area (TPSA) is 92.1 Å². The molecule has 0 N–H and O–H groups in total. The number of esters is 1. The third kappa shape index (κ3) is 3.47. The highest BCUT2D eigenvalue weighted by Gasteiger charge is 2.36. The molecule has 0 bridgehead atoms. The lowest BCUT2D eigenvalue weighted by atomic mass is 9.80. The van der Waals surface area contributed by atoms with Gasteiger partial charge < -0.3 is 4.74 Å². The summed E-state index contributed by atoms with van der Waals surface area (Å²) in [5.41, 5.74) is 4.46. The highest BCUT2D eigenvalue weighted by atomic mass is 16.5. The van der Waals surface area contributed by atoms with Gasteiger partial charge >= 0.3 is 5.97 Å². The minimum absolute atomic E-state index is 0.0330. The molecule has 9 nitrogen and oxygen atoms in total. The highest BCUT2D eigenvalue weighted by molar-refractivity contribution is 5.78. The molecule has 1 aliphatic rings. The minimum Gasteiger partial charge on any atom is -0.469 e. The molecule has 1 fully saturated rings. The maximum Gasteiger partial charge on any atom is 0.308 e. The Bertz CT molecular complexity index is 1240. The molecule has 0 radical (unpaired) electrons. The zero-order chi connectivity index (χ0) is 22.2. The monoisotopic (exact) mass is 433 g/mol. The van der Waals surface area contributed by atoms with Gasteiger partial charge in [-0.05, 0) is 31.7 Å². The first-order chi connectivity index (χ1) is 15.6. The van der Waals surface area contributed by atoms with Gasteiger partial charge in [0.2, 0.25) is 0 Å². The largest absolute Gasteiger partial charge is 0.469 e. The summed E-state index contributed by atoms with van der Waals surface area (Å²) in [4.78, 5) is 16.6. The van der Waals surface area contributed by atoms with Gasteiger partial charge in [0.1, 0.15) is 0 Å². The molecule has 4 aromatic heterocycles. The number of fused-ring (bicyclic) bond motifs is 1. The van der Waals surface area contributed by atoms with Gasteiger partial charge in [0.05, 0.1) is 66.8 Å². The number of nitrogens with zero attached hydrogens (tertiary/aromatic N) is 7. The molecular formula is C23H27N7O2. The summed E-state index contributed by atoms with van der Waals surface area (Å²) in [7, 11) is 1.44. The number of methoxy groups -OCH3 is 1. The van der Waals surface area contributed by atoms with E-state index in [0.29, 0.717) is 6.04 Å². The van der Waals surface area contributed by atoms with E-state index in [1.807, 2.05) is 44.7 Å². The predicted octanol–water partition coefficient (Wildman–Crippen LogP) is 3.94. The second kappa shape index (κ2) is 8.22. The van der Waals surface area contributed by atoms with Gasteiger partial charge in [-0.2, -0.15) is 15.3 Å². The molecule has 9 heteroatoms. The molecule has 5 rings (SSSR count). The van der Waals surface area contributed by atoms with Gasteiger partial charge in [0, 0.05) is 23.5 Å². The van der Waals surface area contributed by atoms with Crippen LogP contribution >= 0.6 is 0 Å². The van der Waals surface area contributed by atoms with Crippen molar-refractivity contribution in [3.05, 3.63) is 43.2 Å². The van der Waals surface area contributed by atoms with Gasteiger partial charge in [0.25, 0.3) is 0 Å². The first-order valence-corrected chi connectivity index (χ1v) is 11.1. The molecule has 0 unspecified atom stereocenters. The zero-order valence-electron chi connectivity index (χ0n) is 18.5. The van der Waals surface area contributed by atoms with E-state index >= 15 is 0 Å². The molecule has 32 heavy (non-hydrogen) atoms. The van der Waals surface area contributed by atoms with Crippen molar-refractivity contribution in [2.45, 2.75) is 51.6 Å². The van der Waals surface area contributed by atoms with Crippen molar-refractivity contribution < 1.29 is 9.53 Å². The lowest BCUT2D eigenvalue weighted by Gasteiger charge is -2.33. The van der Waals surface area contributed by atoms with Gasteiger partial charge in [0.15, 0.2) is 0 Å². The molecule has 0 spiro atoms. The maximum absolute atomic E-state index is 11.7. The smallest absolute Gasteiger partial charge is 0.308 e. The van der Waals surface area contributed by atoms with E-state index in [4.69, 9.17) is 9.72 Å². The molecule has 166 valence electrons. The van der Waals surface area contributed by atoms with Crippen molar-refractivity contribution in [2.75, 3.05) is 7.11 Å². The van der Waals surface area contributed by atoms with E-state index in [0.717, 1.165) is 53.7 Å². The van der Waals surface area contributed by atoms with Crippen molar-refractivity contribution in [1.29, 1.82) is 0 Å². The number of carbonyl (C=O) groups is 1. The molecule has 0 saturated heterocycles. The Hall–Kier alpha value is -3.49. The second-order valence-electron chi connectivity index (χ2n) is 8.37. The number of ether oxygens (including phenoxy) is 1. The van der Waals surface area contributed by atoms with Crippen LogP contribution in [0.15, 0.2) is 43.2 Å². The van der Waals surface area contributed by atoms with Crippen LogP contribution in [0.4, 0.5) is 0 Å². The minimum atomic E-state index is -0.141. The third-order valence-corrected chi connectivity index (χ3v) is 6.50. The standard InChI is InChI=1S/C23H27N7O2/c1-4-18(5-2)28-13-17(11-26-28)22-21-6-7-24-30(21)14-20(27-22)16-10-25-29(12-16)19-8-15(9-19)23(31)32-3/h6-7,10-15,18-19H,4-5,8-9H2,1-3H3/t15-,19-. The molecule has 0 amide bonds. The van der Waals surface area contributed by atoms with Crippen LogP contribution in [0, 0.1) is 5.92 Å². The van der Waals surface area contributed by atoms with Crippen LogP contribution < -0.4 is 0 Å². The Morgan fingerprint density at radius 3 is 2.62 bits per heavy atom. The van der Waals surface area contributed by atoms with Gasteiger partial charge in [-0.1, -0.05) is 13.8 Å². The van der Waals surface area contributed by atoms with Crippen molar-refractivity contribution in [3.63, 3.8) is 0 Å². The summed E-state index contributed by atoms with van der Waals surface area (Å²) in [6.45, 7) is 4.35. The quantitative estimate of drug-likeness (QED) is 0.410. The van der Waals surface area contributed by atoms with E-state index in [-0.39, 0.29) is 17.9 Å². The van der Waals surface area contributed by atoms with Crippen molar-refractivity contribution in [3.8, 4) is 22.5 Å². The van der Waals surface area contributed by atoms with Gasteiger partial charge in [-0.25, -0.2) is 9.50 Å². The summed E-state index contributed by atoms with van der Waals surface area (Å²) < 4.78 is 10.6. The van der Waals surface area contributed by atoms with Crippen LogP contribution in [0.3, 0.4) is 0 Å². The summed E-state index contributed by atoms with van der Waals surface area (Å²) in [6, 6.07) is 2.55. The first kappa shape index (κ1) is 20.4. The summed E-state index contributed by atoms with van der Waals surface area (Å²) in [5, 5.41) is 13.6. The first-order valence-electron chi connectivity index (χ1n) is 11.1. The number of aromatic nitrogens is 7. The average molecular weight is 434 g/mol. The van der Waals surface area contributed by atoms with Crippen LogP contribution in [0.2, 0.25) is 0 Å². The van der Waals surface area contributed by atoms with Crippen LogP contribution in [0.5, 0.6) is 0 Å². The van der Waals surface area contributed by atoms with E-state index < -0.39 is 0 Å². The molecule has 4 aromatic rings. The molecule has 4 heterocycles. The average Bonchev–Trinajstić information content (AvgIpc) is 3.53. The Balaban J connectivity index is 1.46. The predicted molar refractivity (Wildman–Crippen MR) is 119 cm³/mol. The second-order valence-corrected chi connectivity index (χ2v) is 8.37. The van der Waals surface area contributed by atoms with Crippen LogP contribution in [-0.4, -0.2) is 47.2 Å². The maximum atomic E-state index is 11.7. The summed E-state index contributed by atoms with van der Waals surface area (Å²) >= 11 is 0. The van der Waals surface area contributed by atoms with Crippen molar-refractivity contribution >= 4 is 11.5 Å². The van der Waals surface area contributed by atoms with Crippen LogP contribution in [0.25, 0.3) is 28.0 Å². The van der Waals surface area contributed by atoms with E-state index in [1.54, 1.807) is 6.20 Å². The Kier molecular flexibility index (Phi) is 5.24. The lowest BCUT2D eigenvalue weighted by Crippen LogP contribution is -2.33.